The average Bonchev–Trinajstić information content (AvgIpc) is 2.93. The molecule has 4 rings (SSSR count). The van der Waals surface area contributed by atoms with Crippen LogP contribution >= 0.6 is 23.2 Å². The summed E-state index contributed by atoms with van der Waals surface area (Å²) in [5.74, 6) is -5.16. The van der Waals surface area contributed by atoms with Gasteiger partial charge in [-0.25, -0.2) is 12.4 Å². The van der Waals surface area contributed by atoms with Gasteiger partial charge in [-0.15, -0.1) is 0 Å². The first-order chi connectivity index (χ1) is 13.0. The van der Waals surface area contributed by atoms with E-state index in [1.54, 1.807) is 19.1 Å². The first kappa shape index (κ1) is 19.4. The van der Waals surface area contributed by atoms with Crippen LogP contribution in [0.2, 0.25) is 10.0 Å². The van der Waals surface area contributed by atoms with Crippen molar-refractivity contribution in [2.75, 3.05) is 0 Å². The summed E-state index contributed by atoms with van der Waals surface area (Å²) < 4.78 is 55.7. The topological polar surface area (TPSA) is 56.1 Å². The van der Waals surface area contributed by atoms with Crippen molar-refractivity contribution in [2.45, 2.75) is 30.6 Å². The molecule has 3 aromatic rings. The van der Waals surface area contributed by atoms with Crippen LogP contribution in [0.15, 0.2) is 41.3 Å². The minimum Gasteiger partial charge on any atom is -0.286 e. The molecule has 0 bridgehead atoms. The summed E-state index contributed by atoms with van der Waals surface area (Å²) in [5.41, 5.74) is 0.576. The third-order valence-corrected chi connectivity index (χ3v) is 7.32. The number of hydrogen-bond donors (Lipinski definition) is 0. The number of halogens is 4. The highest BCUT2D eigenvalue weighted by Gasteiger charge is 2.48. The van der Waals surface area contributed by atoms with Gasteiger partial charge in [0, 0.05) is 11.8 Å². The fourth-order valence-corrected chi connectivity index (χ4v) is 5.29. The molecule has 0 saturated carbocycles. The van der Waals surface area contributed by atoms with Crippen LogP contribution in [-0.2, 0) is 16.4 Å². The predicted octanol–water partition coefficient (Wildman–Crippen LogP) is 5.26. The maximum absolute atomic E-state index is 14.2. The van der Waals surface area contributed by atoms with E-state index >= 15 is 0 Å². The second-order valence-electron chi connectivity index (χ2n) is 6.73. The molecule has 0 aliphatic heterocycles. The normalized spacial score (nSPS) is 16.4. The van der Waals surface area contributed by atoms with Crippen LogP contribution in [0.1, 0.15) is 28.0 Å². The minimum absolute atomic E-state index is 0.0472. The highest BCUT2D eigenvalue weighted by Crippen LogP contribution is 2.42. The standard InChI is InChI=1S/C19H13Cl2F2NO3S/c1-10-2-4-11(5-3-10)28(26,27)24-16-9-15(21)14(20)8-13(16)12-6-7-19(22,23)18(25)17(12)24/h2-5,8-9H,6-7H2,1H3. The highest BCUT2D eigenvalue weighted by molar-refractivity contribution is 7.90. The molecule has 1 aliphatic rings. The van der Waals surface area contributed by atoms with Gasteiger partial charge in [-0.05, 0) is 43.2 Å². The molecule has 4 nitrogen and oxygen atoms in total. The van der Waals surface area contributed by atoms with E-state index in [4.69, 9.17) is 23.2 Å². The maximum atomic E-state index is 14.2. The molecular weight excluding hydrogens is 431 g/mol. The number of rotatable bonds is 2. The molecule has 1 heterocycles. The van der Waals surface area contributed by atoms with Gasteiger partial charge in [-0.3, -0.25) is 4.79 Å². The average molecular weight is 444 g/mol. The molecule has 2 aromatic carbocycles. The first-order valence-electron chi connectivity index (χ1n) is 8.31. The zero-order chi connectivity index (χ0) is 20.4. The van der Waals surface area contributed by atoms with Crippen LogP contribution < -0.4 is 0 Å². The van der Waals surface area contributed by atoms with Gasteiger partial charge in [0.05, 0.1) is 20.5 Å². The van der Waals surface area contributed by atoms with Gasteiger partial charge in [0.2, 0.25) is 5.78 Å². The lowest BCUT2D eigenvalue weighted by molar-refractivity contribution is 0.00153. The molecule has 0 saturated heterocycles. The Labute approximate surface area is 169 Å². The van der Waals surface area contributed by atoms with Gasteiger partial charge in [-0.2, -0.15) is 8.78 Å². The van der Waals surface area contributed by atoms with E-state index in [9.17, 15) is 22.0 Å². The largest absolute Gasteiger partial charge is 0.311 e. The van der Waals surface area contributed by atoms with Crippen molar-refractivity contribution >= 4 is 49.9 Å². The Balaban J connectivity index is 2.13. The quantitative estimate of drug-likeness (QED) is 0.542. The number of alkyl halides is 2. The van der Waals surface area contributed by atoms with Gasteiger partial charge in [0.1, 0.15) is 5.69 Å². The van der Waals surface area contributed by atoms with E-state index in [-0.39, 0.29) is 32.4 Å². The first-order valence-corrected chi connectivity index (χ1v) is 10.5. The summed E-state index contributed by atoms with van der Waals surface area (Å²) in [6.45, 7) is 1.79. The molecule has 0 radical (unpaired) electrons. The van der Waals surface area contributed by atoms with E-state index in [0.29, 0.717) is 9.36 Å². The third kappa shape index (κ3) is 2.76. The van der Waals surface area contributed by atoms with Crippen LogP contribution in [0.5, 0.6) is 0 Å². The van der Waals surface area contributed by atoms with Crippen LogP contribution in [0.25, 0.3) is 10.9 Å². The van der Waals surface area contributed by atoms with Gasteiger partial charge < -0.3 is 0 Å². The van der Waals surface area contributed by atoms with Crippen molar-refractivity contribution in [1.29, 1.82) is 0 Å². The molecule has 9 heteroatoms. The Morgan fingerprint density at radius 1 is 1.07 bits per heavy atom. The fourth-order valence-electron chi connectivity index (χ4n) is 3.43. The fraction of sp³-hybridized carbons (Fsp3) is 0.211. The molecule has 0 unspecified atom stereocenters. The molecule has 1 aromatic heterocycles. The zero-order valence-electron chi connectivity index (χ0n) is 14.5. The number of benzene rings is 2. The number of Topliss-reactive ketones (excluding diaryl/α,β-unsaturated/α-hetero) is 1. The van der Waals surface area contributed by atoms with Gasteiger partial charge in [0.15, 0.2) is 0 Å². The molecule has 0 spiro atoms. The summed E-state index contributed by atoms with van der Waals surface area (Å²) in [7, 11) is -4.33. The lowest BCUT2D eigenvalue weighted by atomic mass is 9.92. The van der Waals surface area contributed by atoms with Crippen LogP contribution in [0, 0.1) is 6.92 Å². The Morgan fingerprint density at radius 2 is 1.68 bits per heavy atom. The Kier molecular flexibility index (Phi) is 4.34. The minimum atomic E-state index is -4.33. The number of nitrogens with zero attached hydrogens (tertiary/aromatic N) is 1. The molecule has 0 fully saturated rings. The van der Waals surface area contributed by atoms with E-state index in [2.05, 4.69) is 0 Å². The van der Waals surface area contributed by atoms with Crippen molar-refractivity contribution < 1.29 is 22.0 Å². The van der Waals surface area contributed by atoms with Gasteiger partial charge >= 0.3 is 5.92 Å². The van der Waals surface area contributed by atoms with Crippen molar-refractivity contribution in [1.82, 2.24) is 3.97 Å². The molecule has 146 valence electrons. The second-order valence-corrected chi connectivity index (χ2v) is 9.33. The van der Waals surface area contributed by atoms with Crippen molar-refractivity contribution in [3.05, 3.63) is 63.3 Å². The number of fused-ring (bicyclic) bond motifs is 3. The molecular formula is C19H13Cl2F2NO3S. The van der Waals surface area contributed by atoms with Crippen LogP contribution in [-0.4, -0.2) is 24.1 Å². The smallest absolute Gasteiger partial charge is 0.286 e. The SMILES string of the molecule is Cc1ccc(S(=O)(=O)n2c3c(c4cc(Cl)c(Cl)cc42)CCC(F)(F)C3=O)cc1. The van der Waals surface area contributed by atoms with Crippen molar-refractivity contribution in [2.24, 2.45) is 0 Å². The highest BCUT2D eigenvalue weighted by atomic mass is 35.5. The summed E-state index contributed by atoms with van der Waals surface area (Å²) in [4.78, 5) is 12.4. The van der Waals surface area contributed by atoms with Crippen LogP contribution in [0.4, 0.5) is 8.78 Å². The summed E-state index contributed by atoms with van der Waals surface area (Å²) in [5, 5.41) is 0.527. The second kappa shape index (κ2) is 6.27. The maximum Gasteiger partial charge on any atom is 0.311 e. The number of aromatic nitrogens is 1. The van der Waals surface area contributed by atoms with E-state index < -0.39 is 33.8 Å². The lowest BCUT2D eigenvalue weighted by Crippen LogP contribution is -2.36. The molecule has 0 atom stereocenters. The predicted molar refractivity (Wildman–Crippen MR) is 103 cm³/mol. The van der Waals surface area contributed by atoms with E-state index in [1.165, 1.54) is 24.3 Å². The summed E-state index contributed by atoms with van der Waals surface area (Å²) in [6, 6.07) is 8.61. The summed E-state index contributed by atoms with van der Waals surface area (Å²) >= 11 is 12.1. The number of carbonyl (C=O) groups is 1. The Hall–Kier alpha value is -1.96. The number of aryl methyl sites for hydroxylation is 2. The van der Waals surface area contributed by atoms with Crippen molar-refractivity contribution in [3.8, 4) is 0 Å². The molecule has 0 N–H and O–H groups in total. The molecule has 0 amide bonds. The van der Waals surface area contributed by atoms with Crippen molar-refractivity contribution in [3.63, 3.8) is 0 Å². The Morgan fingerprint density at radius 3 is 2.32 bits per heavy atom. The molecule has 1 aliphatic carbocycles. The van der Waals surface area contributed by atoms with Gasteiger partial charge in [0.25, 0.3) is 10.0 Å². The summed E-state index contributed by atoms with van der Waals surface area (Å²) in [6.07, 6.45) is -0.846. The van der Waals surface area contributed by atoms with Gasteiger partial charge in [-0.1, -0.05) is 40.9 Å². The third-order valence-electron chi connectivity index (χ3n) is 4.87. The lowest BCUT2D eigenvalue weighted by Gasteiger charge is -2.22. The van der Waals surface area contributed by atoms with E-state index in [1.807, 2.05) is 0 Å². The monoisotopic (exact) mass is 443 g/mol. The Bertz CT molecular complexity index is 1250. The number of carbonyl (C=O) groups excluding carboxylic acids is 1. The number of hydrogen-bond acceptors (Lipinski definition) is 3. The number of ketones is 1. The molecule has 28 heavy (non-hydrogen) atoms. The zero-order valence-corrected chi connectivity index (χ0v) is 16.8. The van der Waals surface area contributed by atoms with Crippen LogP contribution in [0.3, 0.4) is 0 Å². The van der Waals surface area contributed by atoms with E-state index in [0.717, 1.165) is 5.56 Å².